The van der Waals surface area contributed by atoms with Crippen molar-refractivity contribution in [3.8, 4) is 5.75 Å². The molecule has 0 saturated heterocycles. The van der Waals surface area contributed by atoms with Gasteiger partial charge in [-0.2, -0.15) is 0 Å². The number of fused-ring (bicyclic) bond motifs is 1. The lowest BCUT2D eigenvalue weighted by Crippen LogP contribution is -2.40. The third-order valence-electron chi connectivity index (χ3n) is 5.69. The number of ether oxygens (including phenoxy) is 3. The SMILES string of the molecule is CCOc1ccc(C2C(C(=O)OCCOC)=C(C)N=c3s/c(=C\c4ccccc4[N+](=O)[O-])c(=O)n32)cc1. The van der Waals surface area contributed by atoms with Gasteiger partial charge in [-0.3, -0.25) is 19.5 Å². The molecule has 2 heterocycles. The monoisotopic (exact) mass is 523 g/mol. The number of nitro groups is 1. The summed E-state index contributed by atoms with van der Waals surface area (Å²) >= 11 is 1.10. The summed E-state index contributed by atoms with van der Waals surface area (Å²) in [6.45, 7) is 4.33. The predicted molar refractivity (Wildman–Crippen MR) is 137 cm³/mol. The maximum atomic E-state index is 13.7. The first-order valence-electron chi connectivity index (χ1n) is 11.5. The van der Waals surface area contributed by atoms with E-state index in [4.69, 9.17) is 14.2 Å². The number of aromatic nitrogens is 1. The summed E-state index contributed by atoms with van der Waals surface area (Å²) in [6.07, 6.45) is 1.48. The molecule has 192 valence electrons. The molecule has 2 aromatic carbocycles. The van der Waals surface area contributed by atoms with Crippen LogP contribution in [0, 0.1) is 10.1 Å². The molecule has 4 rings (SSSR count). The summed E-state index contributed by atoms with van der Waals surface area (Å²) in [5, 5.41) is 11.5. The van der Waals surface area contributed by atoms with Crippen LogP contribution in [0.3, 0.4) is 0 Å². The first-order chi connectivity index (χ1) is 17.8. The van der Waals surface area contributed by atoms with Crippen LogP contribution in [0.4, 0.5) is 5.69 Å². The van der Waals surface area contributed by atoms with E-state index in [0.29, 0.717) is 34.0 Å². The number of carbonyl (C=O) groups is 1. The normalized spacial score (nSPS) is 15.2. The fourth-order valence-electron chi connectivity index (χ4n) is 4.02. The number of hydrogen-bond donors (Lipinski definition) is 0. The van der Waals surface area contributed by atoms with Gasteiger partial charge in [0, 0.05) is 13.2 Å². The molecule has 0 N–H and O–H groups in total. The van der Waals surface area contributed by atoms with Crippen LogP contribution in [0.15, 0.2) is 69.6 Å². The lowest BCUT2D eigenvalue weighted by atomic mass is 9.96. The van der Waals surface area contributed by atoms with Crippen LogP contribution in [0.2, 0.25) is 0 Å². The molecule has 1 aliphatic heterocycles. The topological polar surface area (TPSA) is 122 Å². The Kier molecular flexibility index (Phi) is 7.95. The maximum absolute atomic E-state index is 13.7. The molecule has 0 fully saturated rings. The maximum Gasteiger partial charge on any atom is 0.338 e. The molecule has 10 nitrogen and oxygen atoms in total. The van der Waals surface area contributed by atoms with Crippen molar-refractivity contribution in [3.63, 3.8) is 0 Å². The van der Waals surface area contributed by atoms with Crippen molar-refractivity contribution in [1.29, 1.82) is 0 Å². The summed E-state index contributed by atoms with van der Waals surface area (Å²) in [4.78, 5) is 42.7. The Morgan fingerprint density at radius 1 is 1.19 bits per heavy atom. The van der Waals surface area contributed by atoms with Gasteiger partial charge in [-0.15, -0.1) is 0 Å². The number of rotatable bonds is 9. The summed E-state index contributed by atoms with van der Waals surface area (Å²) in [5.41, 5.74) is 1.07. The molecule has 0 spiro atoms. The number of carbonyl (C=O) groups excluding carboxylic acids is 1. The van der Waals surface area contributed by atoms with Crippen molar-refractivity contribution in [2.24, 2.45) is 4.99 Å². The number of allylic oxidation sites excluding steroid dienone is 1. The molecule has 0 saturated carbocycles. The highest BCUT2D eigenvalue weighted by Gasteiger charge is 2.33. The third kappa shape index (κ3) is 5.37. The van der Waals surface area contributed by atoms with Gasteiger partial charge in [0.25, 0.3) is 11.2 Å². The molecule has 0 amide bonds. The van der Waals surface area contributed by atoms with Gasteiger partial charge >= 0.3 is 5.97 Å². The summed E-state index contributed by atoms with van der Waals surface area (Å²) in [6, 6.07) is 12.5. The second-order valence-corrected chi connectivity index (χ2v) is 9.04. The number of esters is 1. The Bertz CT molecular complexity index is 1540. The van der Waals surface area contributed by atoms with E-state index in [9.17, 15) is 19.7 Å². The van der Waals surface area contributed by atoms with E-state index in [1.54, 1.807) is 49.4 Å². The molecule has 0 bridgehead atoms. The molecule has 3 aromatic rings. The number of benzene rings is 2. The van der Waals surface area contributed by atoms with E-state index < -0.39 is 22.5 Å². The first-order valence-corrected chi connectivity index (χ1v) is 12.3. The van der Waals surface area contributed by atoms with E-state index in [1.165, 1.54) is 23.8 Å². The minimum Gasteiger partial charge on any atom is -0.494 e. The van der Waals surface area contributed by atoms with Crippen LogP contribution < -0.4 is 19.6 Å². The molecular formula is C26H25N3O7S. The number of nitro benzene ring substituents is 1. The van der Waals surface area contributed by atoms with Crippen LogP contribution >= 0.6 is 11.3 Å². The first kappa shape index (κ1) is 26.0. The standard InChI is InChI=1S/C26H25N3O7S/c1-4-35-19-11-9-17(10-12-19)23-22(25(31)36-14-13-34-3)16(2)27-26-28(23)24(30)21(37-26)15-18-7-5-6-8-20(18)29(32)33/h5-12,15,23H,4,13-14H2,1-3H3/b21-15-. The Labute approximate surface area is 215 Å². The minimum absolute atomic E-state index is 0.0458. The molecule has 11 heteroatoms. The van der Waals surface area contributed by atoms with Crippen molar-refractivity contribution in [1.82, 2.24) is 4.57 Å². The fourth-order valence-corrected chi connectivity index (χ4v) is 5.06. The number of thiazole rings is 1. The van der Waals surface area contributed by atoms with Gasteiger partial charge in [-0.05, 0) is 43.7 Å². The van der Waals surface area contributed by atoms with Crippen molar-refractivity contribution < 1.29 is 23.9 Å². The van der Waals surface area contributed by atoms with E-state index in [-0.39, 0.29) is 29.0 Å². The molecule has 1 unspecified atom stereocenters. The number of hydrogen-bond acceptors (Lipinski definition) is 9. The van der Waals surface area contributed by atoms with Gasteiger partial charge in [0.2, 0.25) is 0 Å². The minimum atomic E-state index is -0.810. The van der Waals surface area contributed by atoms with Crippen LogP contribution in [-0.2, 0) is 14.3 Å². The molecule has 0 aliphatic carbocycles. The summed E-state index contributed by atoms with van der Waals surface area (Å²) in [7, 11) is 1.50. The van der Waals surface area contributed by atoms with Gasteiger partial charge in [0.15, 0.2) is 4.80 Å². The molecular weight excluding hydrogens is 498 g/mol. The number of methoxy groups -OCH3 is 1. The molecule has 37 heavy (non-hydrogen) atoms. The zero-order valence-corrected chi connectivity index (χ0v) is 21.3. The Morgan fingerprint density at radius 3 is 2.59 bits per heavy atom. The van der Waals surface area contributed by atoms with Crippen molar-refractivity contribution in [2.75, 3.05) is 26.9 Å². The molecule has 1 aromatic heterocycles. The van der Waals surface area contributed by atoms with Gasteiger partial charge < -0.3 is 14.2 Å². The van der Waals surface area contributed by atoms with E-state index in [2.05, 4.69) is 4.99 Å². The fraction of sp³-hybridized carbons (Fsp3) is 0.269. The zero-order chi connectivity index (χ0) is 26.5. The Morgan fingerprint density at radius 2 is 1.92 bits per heavy atom. The van der Waals surface area contributed by atoms with Gasteiger partial charge in [-0.1, -0.05) is 35.6 Å². The zero-order valence-electron chi connectivity index (χ0n) is 20.5. The third-order valence-corrected chi connectivity index (χ3v) is 6.67. The predicted octanol–water partition coefficient (Wildman–Crippen LogP) is 2.73. The lowest BCUT2D eigenvalue weighted by molar-refractivity contribution is -0.385. The second-order valence-electron chi connectivity index (χ2n) is 8.03. The van der Waals surface area contributed by atoms with E-state index in [0.717, 1.165) is 11.3 Å². The molecule has 1 aliphatic rings. The molecule has 1 atom stereocenters. The van der Waals surface area contributed by atoms with Crippen LogP contribution in [-0.4, -0.2) is 42.4 Å². The van der Waals surface area contributed by atoms with Crippen LogP contribution in [0.25, 0.3) is 6.08 Å². The molecule has 0 radical (unpaired) electrons. The highest BCUT2D eigenvalue weighted by Crippen LogP contribution is 2.31. The average Bonchev–Trinajstić information content (AvgIpc) is 3.18. The second kappa shape index (κ2) is 11.3. The summed E-state index contributed by atoms with van der Waals surface area (Å²) < 4.78 is 17.6. The van der Waals surface area contributed by atoms with Crippen molar-refractivity contribution in [3.05, 3.63) is 101 Å². The van der Waals surface area contributed by atoms with Crippen molar-refractivity contribution >= 4 is 29.1 Å². The Hall–Kier alpha value is -4.09. The van der Waals surface area contributed by atoms with E-state index in [1.807, 2.05) is 6.92 Å². The van der Waals surface area contributed by atoms with Crippen molar-refractivity contribution in [2.45, 2.75) is 19.9 Å². The highest BCUT2D eigenvalue weighted by atomic mass is 32.1. The quantitative estimate of drug-likeness (QED) is 0.183. The highest BCUT2D eigenvalue weighted by molar-refractivity contribution is 7.07. The largest absolute Gasteiger partial charge is 0.494 e. The van der Waals surface area contributed by atoms with Gasteiger partial charge in [0.05, 0.1) is 45.5 Å². The van der Waals surface area contributed by atoms with Gasteiger partial charge in [-0.25, -0.2) is 9.79 Å². The number of nitrogens with zero attached hydrogens (tertiary/aromatic N) is 3. The van der Waals surface area contributed by atoms with Crippen LogP contribution in [0.5, 0.6) is 5.75 Å². The Balaban J connectivity index is 1.89. The van der Waals surface area contributed by atoms with Crippen LogP contribution in [0.1, 0.15) is 31.0 Å². The average molecular weight is 524 g/mol. The van der Waals surface area contributed by atoms with Gasteiger partial charge in [0.1, 0.15) is 12.4 Å². The number of para-hydroxylation sites is 1. The summed E-state index contributed by atoms with van der Waals surface area (Å²) in [5.74, 6) is 0.0464. The lowest BCUT2D eigenvalue weighted by Gasteiger charge is -2.25. The smallest absolute Gasteiger partial charge is 0.338 e. The van der Waals surface area contributed by atoms with E-state index >= 15 is 0 Å².